The Balaban J connectivity index is 1.99. The summed E-state index contributed by atoms with van der Waals surface area (Å²) in [6.07, 6.45) is 0.729. The standard InChI is InChI=1S/C20H31ClN2O3/c1-6-11-25-18-8-7-17(21)12-16(18)14-22-9-10-23(15(2)13-22)19(24)26-20(3,4)5/h7-8,12,15H,6,9-11,13-14H2,1-5H3/t15-/m0/s1. The Kier molecular flexibility index (Phi) is 7.18. The van der Waals surface area contributed by atoms with Crippen LogP contribution >= 0.6 is 11.6 Å². The van der Waals surface area contributed by atoms with E-state index >= 15 is 0 Å². The van der Waals surface area contributed by atoms with Gasteiger partial charge in [0.25, 0.3) is 0 Å². The van der Waals surface area contributed by atoms with Crippen LogP contribution in [0.15, 0.2) is 18.2 Å². The second-order valence-electron chi connectivity index (χ2n) is 7.86. The van der Waals surface area contributed by atoms with Crippen LogP contribution in [0.3, 0.4) is 0 Å². The minimum atomic E-state index is -0.472. The lowest BCUT2D eigenvalue weighted by atomic mass is 10.1. The summed E-state index contributed by atoms with van der Waals surface area (Å²) in [5.74, 6) is 0.887. The third-order valence-electron chi connectivity index (χ3n) is 4.22. The molecule has 0 bridgehead atoms. The van der Waals surface area contributed by atoms with E-state index in [4.69, 9.17) is 21.1 Å². The van der Waals surface area contributed by atoms with Gasteiger partial charge in [-0.2, -0.15) is 0 Å². The molecular formula is C20H31ClN2O3. The van der Waals surface area contributed by atoms with E-state index in [1.807, 2.05) is 43.9 Å². The van der Waals surface area contributed by atoms with Crippen molar-refractivity contribution in [1.82, 2.24) is 9.80 Å². The maximum Gasteiger partial charge on any atom is 0.410 e. The van der Waals surface area contributed by atoms with E-state index in [0.717, 1.165) is 37.4 Å². The molecule has 1 fully saturated rings. The molecule has 146 valence electrons. The topological polar surface area (TPSA) is 42.0 Å². The molecule has 0 unspecified atom stereocenters. The number of ether oxygens (including phenoxy) is 2. The first-order chi connectivity index (χ1) is 12.2. The molecule has 1 aromatic rings. The number of nitrogens with zero attached hydrogens (tertiary/aromatic N) is 2. The van der Waals surface area contributed by atoms with E-state index in [1.165, 1.54) is 0 Å². The molecule has 26 heavy (non-hydrogen) atoms. The van der Waals surface area contributed by atoms with Gasteiger partial charge in [-0.1, -0.05) is 18.5 Å². The van der Waals surface area contributed by atoms with Gasteiger partial charge >= 0.3 is 6.09 Å². The molecule has 0 aliphatic carbocycles. The summed E-state index contributed by atoms with van der Waals surface area (Å²) in [6.45, 7) is 13.5. The predicted molar refractivity (Wildman–Crippen MR) is 105 cm³/mol. The highest BCUT2D eigenvalue weighted by Crippen LogP contribution is 2.26. The Morgan fingerprint density at radius 1 is 1.31 bits per heavy atom. The fourth-order valence-electron chi connectivity index (χ4n) is 3.03. The first-order valence-electron chi connectivity index (χ1n) is 9.33. The average Bonchev–Trinajstić information content (AvgIpc) is 2.52. The smallest absolute Gasteiger partial charge is 0.410 e. The molecule has 0 spiro atoms. The molecule has 6 heteroatoms. The second-order valence-corrected chi connectivity index (χ2v) is 8.29. The quantitative estimate of drug-likeness (QED) is 0.748. The molecule has 1 aliphatic heterocycles. The molecule has 0 N–H and O–H groups in total. The Bertz CT molecular complexity index is 616. The molecule has 0 saturated carbocycles. The number of hydrogen-bond donors (Lipinski definition) is 0. The van der Waals surface area contributed by atoms with Crippen LogP contribution in [-0.2, 0) is 11.3 Å². The van der Waals surface area contributed by atoms with Crippen molar-refractivity contribution in [3.63, 3.8) is 0 Å². The van der Waals surface area contributed by atoms with Gasteiger partial charge in [-0.3, -0.25) is 4.90 Å². The van der Waals surface area contributed by atoms with E-state index in [0.29, 0.717) is 18.2 Å². The van der Waals surface area contributed by atoms with E-state index in [9.17, 15) is 4.79 Å². The Morgan fingerprint density at radius 3 is 2.65 bits per heavy atom. The molecule has 1 saturated heterocycles. The van der Waals surface area contributed by atoms with E-state index < -0.39 is 5.60 Å². The number of carbonyl (C=O) groups excluding carboxylic acids is 1. The van der Waals surface area contributed by atoms with Crippen molar-refractivity contribution < 1.29 is 14.3 Å². The first-order valence-corrected chi connectivity index (χ1v) is 9.70. The lowest BCUT2D eigenvalue weighted by Gasteiger charge is -2.40. The highest BCUT2D eigenvalue weighted by atomic mass is 35.5. The lowest BCUT2D eigenvalue weighted by molar-refractivity contribution is 0.000464. The van der Waals surface area contributed by atoms with Gasteiger partial charge in [0.15, 0.2) is 0 Å². The van der Waals surface area contributed by atoms with Gasteiger partial charge in [0.1, 0.15) is 11.4 Å². The maximum absolute atomic E-state index is 12.4. The highest BCUT2D eigenvalue weighted by Gasteiger charge is 2.31. The van der Waals surface area contributed by atoms with Gasteiger partial charge < -0.3 is 14.4 Å². The SMILES string of the molecule is CCCOc1ccc(Cl)cc1CN1CCN(C(=O)OC(C)(C)C)[C@@H](C)C1. The van der Waals surface area contributed by atoms with Gasteiger partial charge in [0, 0.05) is 42.8 Å². The van der Waals surface area contributed by atoms with Crippen LogP contribution in [0.25, 0.3) is 0 Å². The highest BCUT2D eigenvalue weighted by molar-refractivity contribution is 6.30. The van der Waals surface area contributed by atoms with Crippen LogP contribution in [0, 0.1) is 0 Å². The molecule has 0 radical (unpaired) electrons. The van der Waals surface area contributed by atoms with Gasteiger partial charge in [-0.25, -0.2) is 4.79 Å². The first kappa shape index (κ1) is 20.8. The summed E-state index contributed by atoms with van der Waals surface area (Å²) >= 11 is 6.18. The third-order valence-corrected chi connectivity index (χ3v) is 4.45. The number of piperazine rings is 1. The number of halogens is 1. The number of benzene rings is 1. The molecule has 1 heterocycles. The monoisotopic (exact) mass is 382 g/mol. The largest absolute Gasteiger partial charge is 0.493 e. The number of carbonyl (C=O) groups is 1. The fourth-order valence-corrected chi connectivity index (χ4v) is 3.23. The molecule has 1 atom stereocenters. The molecule has 0 aromatic heterocycles. The summed E-state index contributed by atoms with van der Waals surface area (Å²) in [6, 6.07) is 5.86. The number of rotatable bonds is 5. The third kappa shape index (κ3) is 6.06. The van der Waals surface area contributed by atoms with E-state index in [1.54, 1.807) is 0 Å². The van der Waals surface area contributed by atoms with Crippen LogP contribution in [0.1, 0.15) is 46.6 Å². The Labute approximate surface area is 162 Å². The average molecular weight is 383 g/mol. The zero-order valence-corrected chi connectivity index (χ0v) is 17.3. The normalized spacial score (nSPS) is 18.7. The summed E-state index contributed by atoms with van der Waals surface area (Å²) in [5.41, 5.74) is 0.615. The Morgan fingerprint density at radius 2 is 2.04 bits per heavy atom. The van der Waals surface area contributed by atoms with Crippen molar-refractivity contribution in [1.29, 1.82) is 0 Å². The van der Waals surface area contributed by atoms with Gasteiger partial charge in [0.05, 0.1) is 6.61 Å². The summed E-state index contributed by atoms with van der Waals surface area (Å²) < 4.78 is 11.4. The zero-order chi connectivity index (χ0) is 19.3. The predicted octanol–water partition coefficient (Wildman–Crippen LogP) is 4.57. The van der Waals surface area contributed by atoms with Crippen LogP contribution in [0.2, 0.25) is 5.02 Å². The molecule has 1 amide bonds. The zero-order valence-electron chi connectivity index (χ0n) is 16.5. The summed E-state index contributed by atoms with van der Waals surface area (Å²) in [7, 11) is 0. The lowest BCUT2D eigenvalue weighted by Crippen LogP contribution is -2.54. The summed E-state index contributed by atoms with van der Waals surface area (Å²) in [4.78, 5) is 16.5. The molecular weight excluding hydrogens is 352 g/mol. The van der Waals surface area contributed by atoms with Crippen molar-refractivity contribution in [3.05, 3.63) is 28.8 Å². The molecule has 5 nitrogen and oxygen atoms in total. The van der Waals surface area contributed by atoms with Crippen molar-refractivity contribution in [2.45, 2.75) is 59.2 Å². The number of hydrogen-bond acceptors (Lipinski definition) is 4. The van der Waals surface area contributed by atoms with Crippen LogP contribution < -0.4 is 4.74 Å². The van der Waals surface area contributed by atoms with Gasteiger partial charge in [-0.15, -0.1) is 0 Å². The van der Waals surface area contributed by atoms with Gasteiger partial charge in [0.2, 0.25) is 0 Å². The summed E-state index contributed by atoms with van der Waals surface area (Å²) in [5, 5.41) is 0.712. The van der Waals surface area contributed by atoms with Crippen molar-refractivity contribution in [2.75, 3.05) is 26.2 Å². The fraction of sp³-hybridized carbons (Fsp3) is 0.650. The van der Waals surface area contributed by atoms with Crippen LogP contribution in [0.4, 0.5) is 4.79 Å². The molecule has 1 aromatic carbocycles. The Hall–Kier alpha value is -1.46. The number of amides is 1. The van der Waals surface area contributed by atoms with Crippen molar-refractivity contribution >= 4 is 17.7 Å². The maximum atomic E-state index is 12.4. The van der Waals surface area contributed by atoms with E-state index in [-0.39, 0.29) is 12.1 Å². The van der Waals surface area contributed by atoms with Crippen LogP contribution in [-0.4, -0.2) is 53.8 Å². The minimum absolute atomic E-state index is 0.0952. The van der Waals surface area contributed by atoms with Crippen molar-refractivity contribution in [3.8, 4) is 5.75 Å². The molecule has 2 rings (SSSR count). The minimum Gasteiger partial charge on any atom is -0.493 e. The van der Waals surface area contributed by atoms with Crippen LogP contribution in [0.5, 0.6) is 5.75 Å². The second kappa shape index (κ2) is 8.96. The van der Waals surface area contributed by atoms with Crippen molar-refractivity contribution in [2.24, 2.45) is 0 Å². The molecule has 1 aliphatic rings. The van der Waals surface area contributed by atoms with E-state index in [2.05, 4.69) is 18.7 Å². The van der Waals surface area contributed by atoms with Gasteiger partial charge in [-0.05, 0) is 52.3 Å².